The highest BCUT2D eigenvalue weighted by molar-refractivity contribution is 5.87. The number of hydrogen-bond donors (Lipinski definition) is 0. The van der Waals surface area contributed by atoms with Gasteiger partial charge in [0.25, 0.3) is 0 Å². The fourth-order valence-electron chi connectivity index (χ4n) is 2.44. The van der Waals surface area contributed by atoms with Crippen LogP contribution in [0, 0.1) is 0 Å². The average molecular weight is 232 g/mol. The first-order chi connectivity index (χ1) is 8.18. The minimum absolute atomic E-state index is 0.0544. The molecule has 1 saturated carbocycles. The van der Waals surface area contributed by atoms with E-state index in [0.29, 0.717) is 5.78 Å². The molecule has 1 aromatic carbocycles. The summed E-state index contributed by atoms with van der Waals surface area (Å²) in [5, 5.41) is 0. The lowest BCUT2D eigenvalue weighted by molar-refractivity contribution is -0.121. The Kier molecular flexibility index (Phi) is 3.82. The number of carbonyl (C=O) groups excluding carboxylic acids is 1. The van der Waals surface area contributed by atoms with Gasteiger partial charge in [-0.05, 0) is 32.8 Å². The molecule has 0 N–H and O–H groups in total. The molecule has 0 aromatic heterocycles. The second-order valence-corrected chi connectivity index (χ2v) is 4.97. The molecule has 0 saturated heterocycles. The Morgan fingerprint density at radius 1 is 1.24 bits per heavy atom. The highest BCUT2D eigenvalue weighted by Gasteiger charge is 2.26. The van der Waals surface area contributed by atoms with E-state index >= 15 is 0 Å². The lowest BCUT2D eigenvalue weighted by Gasteiger charge is -2.23. The Hall–Kier alpha value is -1.31. The van der Waals surface area contributed by atoms with Crippen molar-refractivity contribution in [2.24, 2.45) is 0 Å². The second kappa shape index (κ2) is 5.35. The molecule has 0 radical (unpaired) electrons. The summed E-state index contributed by atoms with van der Waals surface area (Å²) in [6.45, 7) is 4.03. The van der Waals surface area contributed by atoms with Crippen molar-refractivity contribution in [3.05, 3.63) is 29.8 Å². The number of hydrogen-bond acceptors (Lipinski definition) is 2. The lowest BCUT2D eigenvalue weighted by Crippen LogP contribution is -2.18. The first kappa shape index (κ1) is 12.2. The zero-order chi connectivity index (χ0) is 12.3. The van der Waals surface area contributed by atoms with Crippen molar-refractivity contribution in [2.45, 2.75) is 51.6 Å². The van der Waals surface area contributed by atoms with Crippen LogP contribution in [-0.2, 0) is 4.79 Å². The fraction of sp³-hybridized carbons (Fsp3) is 0.533. The topological polar surface area (TPSA) is 26.3 Å². The predicted octanol–water partition coefficient (Wildman–Crippen LogP) is 3.70. The van der Waals surface area contributed by atoms with Gasteiger partial charge in [-0.25, -0.2) is 0 Å². The summed E-state index contributed by atoms with van der Waals surface area (Å²) in [7, 11) is 0. The van der Waals surface area contributed by atoms with Gasteiger partial charge in [0, 0.05) is 17.9 Å². The molecule has 2 rings (SSSR count). The lowest BCUT2D eigenvalue weighted by atomic mass is 9.82. The molecule has 2 nitrogen and oxygen atoms in total. The van der Waals surface area contributed by atoms with Crippen LogP contribution in [-0.4, -0.2) is 11.9 Å². The predicted molar refractivity (Wildman–Crippen MR) is 68.4 cm³/mol. The first-order valence-corrected chi connectivity index (χ1v) is 6.47. The van der Waals surface area contributed by atoms with Gasteiger partial charge in [0.05, 0.1) is 6.10 Å². The molecule has 0 bridgehead atoms. The quantitative estimate of drug-likeness (QED) is 0.794. The van der Waals surface area contributed by atoms with Gasteiger partial charge in [-0.1, -0.05) is 24.6 Å². The summed E-state index contributed by atoms with van der Waals surface area (Å²) in [6, 6.07) is 7.96. The van der Waals surface area contributed by atoms with Crippen LogP contribution < -0.4 is 4.74 Å². The van der Waals surface area contributed by atoms with Crippen LogP contribution >= 0.6 is 0 Å². The van der Waals surface area contributed by atoms with Crippen LogP contribution in [0.5, 0.6) is 5.75 Å². The molecule has 1 unspecified atom stereocenters. The highest BCUT2D eigenvalue weighted by Crippen LogP contribution is 2.35. The minimum atomic E-state index is 0.0544. The van der Waals surface area contributed by atoms with Crippen molar-refractivity contribution in [1.82, 2.24) is 0 Å². The number of Topliss-reactive ketones (excluding diaryl/α,β-unsaturated/α-hetero) is 1. The van der Waals surface area contributed by atoms with E-state index in [1.54, 1.807) is 0 Å². The molecule has 1 aromatic rings. The van der Waals surface area contributed by atoms with E-state index in [2.05, 4.69) is 0 Å². The van der Waals surface area contributed by atoms with E-state index in [0.717, 1.165) is 37.0 Å². The summed E-state index contributed by atoms with van der Waals surface area (Å²) >= 11 is 0. The van der Waals surface area contributed by atoms with Crippen molar-refractivity contribution in [3.63, 3.8) is 0 Å². The number of ketones is 1. The molecule has 1 fully saturated rings. The SMILES string of the molecule is CC(C)Oc1ccccc1C1CCCCC1=O. The standard InChI is InChI=1S/C15H20O2/c1-11(2)17-15-10-6-4-8-13(15)12-7-3-5-9-14(12)16/h4,6,8,10-12H,3,5,7,9H2,1-2H3. The Morgan fingerprint density at radius 2 is 2.00 bits per heavy atom. The van der Waals surface area contributed by atoms with Crippen molar-refractivity contribution < 1.29 is 9.53 Å². The molecule has 2 heteroatoms. The van der Waals surface area contributed by atoms with Crippen LogP contribution in [0.1, 0.15) is 51.0 Å². The molecular weight excluding hydrogens is 212 g/mol. The van der Waals surface area contributed by atoms with Gasteiger partial charge in [-0.3, -0.25) is 4.79 Å². The summed E-state index contributed by atoms with van der Waals surface area (Å²) < 4.78 is 5.79. The molecule has 0 spiro atoms. The first-order valence-electron chi connectivity index (χ1n) is 6.47. The molecule has 92 valence electrons. The Morgan fingerprint density at radius 3 is 2.71 bits per heavy atom. The number of carbonyl (C=O) groups is 1. The van der Waals surface area contributed by atoms with Crippen LogP contribution in [0.2, 0.25) is 0 Å². The average Bonchev–Trinajstić information content (AvgIpc) is 2.30. The highest BCUT2D eigenvalue weighted by atomic mass is 16.5. The molecule has 0 amide bonds. The van der Waals surface area contributed by atoms with E-state index in [1.165, 1.54) is 0 Å². The van der Waals surface area contributed by atoms with Gasteiger partial charge in [-0.2, -0.15) is 0 Å². The summed E-state index contributed by atoms with van der Waals surface area (Å²) in [5.74, 6) is 1.30. The van der Waals surface area contributed by atoms with Crippen LogP contribution in [0.15, 0.2) is 24.3 Å². The molecular formula is C15H20O2. The van der Waals surface area contributed by atoms with Gasteiger partial charge in [0.2, 0.25) is 0 Å². The molecule has 0 heterocycles. The van der Waals surface area contributed by atoms with Gasteiger partial charge in [-0.15, -0.1) is 0 Å². The Bertz CT molecular complexity index is 396. The van der Waals surface area contributed by atoms with Gasteiger partial charge in [0.1, 0.15) is 11.5 Å². The third-order valence-electron chi connectivity index (χ3n) is 3.21. The summed E-state index contributed by atoms with van der Waals surface area (Å²) in [5.41, 5.74) is 1.07. The number of benzene rings is 1. The summed E-state index contributed by atoms with van der Waals surface area (Å²) in [4.78, 5) is 12.0. The van der Waals surface area contributed by atoms with E-state index < -0.39 is 0 Å². The van der Waals surface area contributed by atoms with Crippen molar-refractivity contribution in [2.75, 3.05) is 0 Å². The van der Waals surface area contributed by atoms with Crippen molar-refractivity contribution >= 4 is 5.78 Å². The van der Waals surface area contributed by atoms with Gasteiger partial charge < -0.3 is 4.74 Å². The molecule has 17 heavy (non-hydrogen) atoms. The van der Waals surface area contributed by atoms with E-state index in [9.17, 15) is 4.79 Å². The smallest absolute Gasteiger partial charge is 0.140 e. The maximum absolute atomic E-state index is 12.0. The monoisotopic (exact) mass is 232 g/mol. The maximum atomic E-state index is 12.0. The van der Waals surface area contributed by atoms with Crippen LogP contribution in [0.4, 0.5) is 0 Å². The third kappa shape index (κ3) is 2.87. The second-order valence-electron chi connectivity index (χ2n) is 4.97. The van der Waals surface area contributed by atoms with Gasteiger partial charge >= 0.3 is 0 Å². The van der Waals surface area contributed by atoms with E-state index in [-0.39, 0.29) is 12.0 Å². The van der Waals surface area contributed by atoms with Crippen LogP contribution in [0.25, 0.3) is 0 Å². The minimum Gasteiger partial charge on any atom is -0.491 e. The normalized spacial score (nSPS) is 20.6. The fourth-order valence-corrected chi connectivity index (χ4v) is 2.44. The van der Waals surface area contributed by atoms with Crippen LogP contribution in [0.3, 0.4) is 0 Å². The van der Waals surface area contributed by atoms with Gasteiger partial charge in [0.15, 0.2) is 0 Å². The zero-order valence-electron chi connectivity index (χ0n) is 10.6. The molecule has 1 aliphatic carbocycles. The van der Waals surface area contributed by atoms with E-state index in [4.69, 9.17) is 4.74 Å². The molecule has 1 aliphatic rings. The van der Waals surface area contributed by atoms with E-state index in [1.807, 2.05) is 38.1 Å². The Labute approximate surface area is 103 Å². The zero-order valence-corrected chi connectivity index (χ0v) is 10.6. The third-order valence-corrected chi connectivity index (χ3v) is 3.21. The number of para-hydroxylation sites is 1. The maximum Gasteiger partial charge on any atom is 0.140 e. The Balaban J connectivity index is 2.26. The largest absolute Gasteiger partial charge is 0.491 e. The molecule has 0 aliphatic heterocycles. The molecule has 1 atom stereocenters. The summed E-state index contributed by atoms with van der Waals surface area (Å²) in [6.07, 6.45) is 4.03. The van der Waals surface area contributed by atoms with Crippen molar-refractivity contribution in [3.8, 4) is 5.75 Å². The number of rotatable bonds is 3. The number of ether oxygens (including phenoxy) is 1. The van der Waals surface area contributed by atoms with Crippen molar-refractivity contribution in [1.29, 1.82) is 0 Å².